The van der Waals surface area contributed by atoms with E-state index in [0.29, 0.717) is 32.7 Å². The van der Waals surface area contributed by atoms with Crippen LogP contribution in [0, 0.1) is 13.8 Å². The molecule has 1 saturated heterocycles. The number of nitrogens with zero attached hydrogens (tertiary/aromatic N) is 5. The number of rotatable bonds is 4. The molecular weight excluding hydrogens is 482 g/mol. The quantitative estimate of drug-likeness (QED) is 0.541. The van der Waals surface area contributed by atoms with E-state index in [4.69, 9.17) is 14.4 Å². The highest BCUT2D eigenvalue weighted by molar-refractivity contribution is 7.86. The van der Waals surface area contributed by atoms with Gasteiger partial charge in [-0.25, -0.2) is 5.14 Å². The number of hydrogen-bond donors (Lipinski definition) is 2. The molecule has 2 aromatic heterocycles. The molecule has 2 atom stereocenters. The number of benzene rings is 1. The Labute approximate surface area is 210 Å². The molecular formula is C24H29N7O4S. The van der Waals surface area contributed by atoms with Crippen LogP contribution in [0.15, 0.2) is 41.1 Å². The van der Waals surface area contributed by atoms with Crippen molar-refractivity contribution in [3.05, 3.63) is 53.7 Å². The van der Waals surface area contributed by atoms with Crippen LogP contribution in [0.2, 0.25) is 0 Å². The number of nitrogens with two attached hydrogens (primary N) is 1. The highest BCUT2D eigenvalue weighted by Gasteiger charge is 2.45. The van der Waals surface area contributed by atoms with E-state index in [-0.39, 0.29) is 12.3 Å². The second-order valence-corrected chi connectivity index (χ2v) is 10.9. The molecule has 36 heavy (non-hydrogen) atoms. The molecule has 3 aliphatic rings. The number of aromatic nitrogens is 2. The highest BCUT2D eigenvalue weighted by atomic mass is 32.2. The third-order valence-electron chi connectivity index (χ3n) is 7.19. The van der Waals surface area contributed by atoms with Gasteiger partial charge in [0.25, 0.3) is 10.2 Å². The van der Waals surface area contributed by atoms with E-state index >= 15 is 0 Å². The van der Waals surface area contributed by atoms with Gasteiger partial charge in [0.1, 0.15) is 24.1 Å². The molecule has 0 saturated carbocycles. The zero-order valence-electron chi connectivity index (χ0n) is 20.2. The molecule has 3 aliphatic heterocycles. The summed E-state index contributed by atoms with van der Waals surface area (Å²) in [6.07, 6.45) is 2.27. The first-order valence-corrected chi connectivity index (χ1v) is 13.5. The van der Waals surface area contributed by atoms with Crippen LogP contribution < -0.4 is 20.1 Å². The summed E-state index contributed by atoms with van der Waals surface area (Å²) < 4.78 is 37.2. The van der Waals surface area contributed by atoms with Crippen molar-refractivity contribution in [2.24, 2.45) is 5.14 Å². The molecule has 0 radical (unpaired) electrons. The van der Waals surface area contributed by atoms with E-state index in [9.17, 15) is 8.42 Å². The molecule has 0 spiro atoms. The average Bonchev–Trinajstić information content (AvgIpc) is 3.29. The SMILES string of the molecule is Cc1noc(C)c1-c1ccc2c3c1OC[C@H](c1ccccn1)N3C(N1CCCN(S(N)(=O)=O)CC1)N2. The van der Waals surface area contributed by atoms with E-state index in [1.807, 2.05) is 38.1 Å². The maximum absolute atomic E-state index is 12.0. The predicted molar refractivity (Wildman–Crippen MR) is 135 cm³/mol. The van der Waals surface area contributed by atoms with Gasteiger partial charge in [-0.3, -0.25) is 9.88 Å². The molecule has 1 aromatic carbocycles. The lowest BCUT2D eigenvalue weighted by Gasteiger charge is -2.42. The third kappa shape index (κ3) is 3.81. The molecule has 190 valence electrons. The fourth-order valence-corrected chi connectivity index (χ4v) is 6.25. The zero-order chi connectivity index (χ0) is 25.0. The van der Waals surface area contributed by atoms with E-state index < -0.39 is 10.2 Å². The second kappa shape index (κ2) is 8.73. The summed E-state index contributed by atoms with van der Waals surface area (Å²) in [5.41, 5.74) is 5.51. The minimum absolute atomic E-state index is 0.130. The van der Waals surface area contributed by atoms with Gasteiger partial charge in [-0.1, -0.05) is 11.2 Å². The van der Waals surface area contributed by atoms with Crippen molar-refractivity contribution in [1.29, 1.82) is 0 Å². The minimum Gasteiger partial charge on any atom is -0.488 e. The van der Waals surface area contributed by atoms with Crippen molar-refractivity contribution in [3.8, 4) is 16.9 Å². The normalized spacial score (nSPS) is 22.6. The number of pyridine rings is 1. The largest absolute Gasteiger partial charge is 0.488 e. The third-order valence-corrected chi connectivity index (χ3v) is 8.27. The average molecular weight is 512 g/mol. The Morgan fingerprint density at radius 2 is 1.97 bits per heavy atom. The van der Waals surface area contributed by atoms with Crippen molar-refractivity contribution < 1.29 is 17.7 Å². The Bertz CT molecular complexity index is 1380. The molecule has 11 nitrogen and oxygen atoms in total. The number of aryl methyl sites for hydroxylation is 2. The molecule has 3 aromatic rings. The monoisotopic (exact) mass is 511 g/mol. The van der Waals surface area contributed by atoms with Gasteiger partial charge < -0.3 is 19.5 Å². The van der Waals surface area contributed by atoms with Crippen molar-refractivity contribution in [2.45, 2.75) is 32.6 Å². The lowest BCUT2D eigenvalue weighted by Crippen LogP contribution is -2.54. The van der Waals surface area contributed by atoms with Crippen LogP contribution >= 0.6 is 0 Å². The van der Waals surface area contributed by atoms with Crippen LogP contribution in [0.4, 0.5) is 11.4 Å². The molecule has 6 rings (SSSR count). The number of ether oxygens (including phenoxy) is 1. The van der Waals surface area contributed by atoms with Crippen LogP contribution in [-0.4, -0.2) is 66.8 Å². The molecule has 3 N–H and O–H groups in total. The Hall–Kier alpha value is -3.19. The fourth-order valence-electron chi connectivity index (χ4n) is 5.54. The first-order valence-electron chi connectivity index (χ1n) is 12.0. The van der Waals surface area contributed by atoms with Crippen LogP contribution in [0.1, 0.15) is 29.6 Å². The van der Waals surface area contributed by atoms with Crippen molar-refractivity contribution in [3.63, 3.8) is 0 Å². The van der Waals surface area contributed by atoms with Gasteiger partial charge >= 0.3 is 0 Å². The second-order valence-electron chi connectivity index (χ2n) is 9.38. The van der Waals surface area contributed by atoms with Crippen LogP contribution in [0.5, 0.6) is 5.75 Å². The van der Waals surface area contributed by atoms with E-state index in [1.54, 1.807) is 6.20 Å². The van der Waals surface area contributed by atoms with Gasteiger partial charge in [-0.05, 0) is 44.5 Å². The summed E-state index contributed by atoms with van der Waals surface area (Å²) in [6, 6.07) is 9.87. The van der Waals surface area contributed by atoms with Gasteiger partial charge in [0.05, 0.1) is 22.6 Å². The minimum atomic E-state index is -3.73. The highest BCUT2D eigenvalue weighted by Crippen LogP contribution is 2.54. The first kappa shape index (κ1) is 23.2. The fraction of sp³-hybridized carbons (Fsp3) is 0.417. The topological polar surface area (TPSA) is 130 Å². The lowest BCUT2D eigenvalue weighted by atomic mass is 9.99. The van der Waals surface area contributed by atoms with Crippen LogP contribution in [0.25, 0.3) is 11.1 Å². The van der Waals surface area contributed by atoms with E-state index in [2.05, 4.69) is 31.3 Å². The summed E-state index contributed by atoms with van der Waals surface area (Å²) in [5, 5.41) is 13.3. The lowest BCUT2D eigenvalue weighted by molar-refractivity contribution is 0.185. The number of nitrogens with one attached hydrogen (secondary N) is 1. The molecule has 0 aliphatic carbocycles. The summed E-state index contributed by atoms with van der Waals surface area (Å²) >= 11 is 0. The Morgan fingerprint density at radius 3 is 2.69 bits per heavy atom. The molecule has 0 bridgehead atoms. The molecule has 0 amide bonds. The van der Waals surface area contributed by atoms with Crippen molar-refractivity contribution in [1.82, 2.24) is 19.3 Å². The Balaban J connectivity index is 1.43. The van der Waals surface area contributed by atoms with Gasteiger partial charge in [0.15, 0.2) is 12.0 Å². The maximum atomic E-state index is 12.0. The van der Waals surface area contributed by atoms with Crippen LogP contribution in [-0.2, 0) is 10.2 Å². The smallest absolute Gasteiger partial charge is 0.276 e. The Morgan fingerprint density at radius 1 is 1.11 bits per heavy atom. The van der Waals surface area contributed by atoms with E-state index in [0.717, 1.165) is 51.9 Å². The van der Waals surface area contributed by atoms with Crippen LogP contribution in [0.3, 0.4) is 0 Å². The molecule has 12 heteroatoms. The molecule has 5 heterocycles. The van der Waals surface area contributed by atoms with Gasteiger partial charge in [0, 0.05) is 37.9 Å². The standard InChI is InChI=1S/C24H29N7O4S/c1-15-21(16(2)35-28-15)17-7-8-19-22-23(17)34-14-20(18-6-3-4-9-26-18)31(22)24(27-19)29-10-5-11-30(13-12-29)36(25,32)33/h3-4,6-9,20,24,27H,5,10-14H2,1-2H3,(H2,25,32,33)/t20-,24?/m1/s1. The summed E-state index contributed by atoms with van der Waals surface area (Å²) in [4.78, 5) is 9.24. The first-order chi connectivity index (χ1) is 17.3. The van der Waals surface area contributed by atoms with Gasteiger partial charge in [-0.15, -0.1) is 0 Å². The zero-order valence-corrected chi connectivity index (χ0v) is 21.0. The summed E-state index contributed by atoms with van der Waals surface area (Å²) in [5.74, 6) is 1.52. The molecule has 1 fully saturated rings. The summed E-state index contributed by atoms with van der Waals surface area (Å²) in [7, 11) is -3.73. The number of anilines is 2. The van der Waals surface area contributed by atoms with E-state index in [1.165, 1.54) is 4.31 Å². The Kier molecular flexibility index (Phi) is 5.63. The van der Waals surface area contributed by atoms with Gasteiger partial charge in [0.2, 0.25) is 0 Å². The predicted octanol–water partition coefficient (Wildman–Crippen LogP) is 2.21. The number of hydrogen-bond acceptors (Lipinski definition) is 9. The van der Waals surface area contributed by atoms with Gasteiger partial charge in [-0.2, -0.15) is 12.7 Å². The van der Waals surface area contributed by atoms with Crippen molar-refractivity contribution >= 4 is 21.6 Å². The van der Waals surface area contributed by atoms with Crippen molar-refractivity contribution in [2.75, 3.05) is 43.0 Å². The summed E-state index contributed by atoms with van der Waals surface area (Å²) in [6.45, 7) is 6.25. The maximum Gasteiger partial charge on any atom is 0.276 e. The molecule has 1 unspecified atom stereocenters.